The Labute approximate surface area is 153 Å². The highest BCUT2D eigenvalue weighted by Crippen LogP contribution is 2.30. The highest BCUT2D eigenvalue weighted by molar-refractivity contribution is 9.10. The predicted octanol–water partition coefficient (Wildman–Crippen LogP) is 3.73. The number of hydrogen-bond acceptors (Lipinski definition) is 5. The lowest BCUT2D eigenvalue weighted by Crippen LogP contribution is -2.46. The molecule has 1 aliphatic rings. The van der Waals surface area contributed by atoms with E-state index in [0.29, 0.717) is 5.02 Å². The molecule has 1 aliphatic heterocycles. The van der Waals surface area contributed by atoms with Crippen LogP contribution in [0.4, 0.5) is 11.4 Å². The van der Waals surface area contributed by atoms with Crippen molar-refractivity contribution < 1.29 is 4.92 Å². The average molecular weight is 412 g/mol. The van der Waals surface area contributed by atoms with Gasteiger partial charge in [-0.25, -0.2) is 0 Å². The Kier molecular flexibility index (Phi) is 5.33. The number of nitro benzene ring substituents is 1. The van der Waals surface area contributed by atoms with Crippen LogP contribution in [-0.2, 0) is 6.54 Å². The molecule has 6 nitrogen and oxygen atoms in total. The molecule has 0 aliphatic carbocycles. The summed E-state index contributed by atoms with van der Waals surface area (Å²) < 4.78 is 0.754. The van der Waals surface area contributed by atoms with Crippen molar-refractivity contribution in [1.29, 1.82) is 0 Å². The van der Waals surface area contributed by atoms with Crippen LogP contribution in [0, 0.1) is 10.1 Å². The summed E-state index contributed by atoms with van der Waals surface area (Å²) in [5.74, 6) is 0. The van der Waals surface area contributed by atoms with Gasteiger partial charge in [0.05, 0.1) is 21.3 Å². The third kappa shape index (κ3) is 4.03. The zero-order valence-electron chi connectivity index (χ0n) is 12.9. The quantitative estimate of drug-likeness (QED) is 0.567. The van der Waals surface area contributed by atoms with Crippen LogP contribution >= 0.6 is 27.5 Å². The third-order valence-electron chi connectivity index (χ3n) is 4.03. The summed E-state index contributed by atoms with van der Waals surface area (Å²) in [6, 6.07) is 8.71. The lowest BCUT2D eigenvalue weighted by Gasteiger charge is -2.36. The molecule has 0 saturated carbocycles. The molecule has 0 spiro atoms. The van der Waals surface area contributed by atoms with Crippen molar-refractivity contribution in [3.63, 3.8) is 0 Å². The molecule has 1 aromatic heterocycles. The summed E-state index contributed by atoms with van der Waals surface area (Å²) in [6.07, 6.45) is 1.67. The van der Waals surface area contributed by atoms with Gasteiger partial charge in [0.2, 0.25) is 0 Å². The number of pyridine rings is 1. The standard InChI is InChI=1S/C16H16BrClN4O2/c17-15-9-14(22(23)24)3-4-16(15)21-7-5-20(6-8-21)11-13-2-1-12(18)10-19-13/h1-4,9-10H,5-8,11H2. The van der Waals surface area contributed by atoms with Crippen LogP contribution in [0.15, 0.2) is 41.0 Å². The number of halogens is 2. The second kappa shape index (κ2) is 7.46. The largest absolute Gasteiger partial charge is 0.368 e. The first-order valence-corrected chi connectivity index (χ1v) is 8.72. The van der Waals surface area contributed by atoms with E-state index in [-0.39, 0.29) is 10.6 Å². The van der Waals surface area contributed by atoms with Crippen LogP contribution in [0.1, 0.15) is 5.69 Å². The lowest BCUT2D eigenvalue weighted by molar-refractivity contribution is -0.384. The minimum atomic E-state index is -0.383. The fraction of sp³-hybridized carbons (Fsp3) is 0.312. The number of aromatic nitrogens is 1. The second-order valence-corrected chi connectivity index (χ2v) is 6.91. The van der Waals surface area contributed by atoms with Crippen molar-refractivity contribution >= 4 is 38.9 Å². The van der Waals surface area contributed by atoms with E-state index < -0.39 is 0 Å². The molecule has 0 atom stereocenters. The smallest absolute Gasteiger partial charge is 0.270 e. The van der Waals surface area contributed by atoms with Gasteiger partial charge in [-0.3, -0.25) is 20.0 Å². The molecular formula is C16H16BrClN4O2. The van der Waals surface area contributed by atoms with Crippen LogP contribution in [0.25, 0.3) is 0 Å². The molecule has 3 rings (SSSR count). The molecule has 8 heteroatoms. The third-order valence-corrected chi connectivity index (χ3v) is 4.89. The molecule has 1 saturated heterocycles. The molecule has 24 heavy (non-hydrogen) atoms. The van der Waals surface area contributed by atoms with Gasteiger partial charge in [0.15, 0.2) is 0 Å². The van der Waals surface area contributed by atoms with Crippen LogP contribution in [-0.4, -0.2) is 41.0 Å². The van der Waals surface area contributed by atoms with E-state index in [4.69, 9.17) is 11.6 Å². The van der Waals surface area contributed by atoms with Crippen LogP contribution in [0.2, 0.25) is 5.02 Å². The van der Waals surface area contributed by atoms with Crippen molar-refractivity contribution in [2.75, 3.05) is 31.1 Å². The first kappa shape index (κ1) is 17.1. The average Bonchev–Trinajstić information content (AvgIpc) is 2.58. The van der Waals surface area contributed by atoms with E-state index in [1.165, 1.54) is 0 Å². The topological polar surface area (TPSA) is 62.5 Å². The predicted molar refractivity (Wildman–Crippen MR) is 97.5 cm³/mol. The molecule has 126 valence electrons. The lowest BCUT2D eigenvalue weighted by atomic mass is 10.2. The van der Waals surface area contributed by atoms with Gasteiger partial charge in [0.25, 0.3) is 5.69 Å². The Hall–Kier alpha value is -1.70. The second-order valence-electron chi connectivity index (χ2n) is 5.62. The summed E-state index contributed by atoms with van der Waals surface area (Å²) in [5.41, 5.74) is 2.09. The van der Waals surface area contributed by atoms with Gasteiger partial charge in [-0.05, 0) is 34.1 Å². The molecule has 2 heterocycles. The van der Waals surface area contributed by atoms with E-state index in [0.717, 1.165) is 48.6 Å². The van der Waals surface area contributed by atoms with Crippen LogP contribution in [0.5, 0.6) is 0 Å². The fourth-order valence-corrected chi connectivity index (χ4v) is 3.47. The number of nitrogens with zero attached hydrogens (tertiary/aromatic N) is 4. The molecule has 1 aromatic carbocycles. The SMILES string of the molecule is O=[N+]([O-])c1ccc(N2CCN(Cc3ccc(Cl)cn3)CC2)c(Br)c1. The monoisotopic (exact) mass is 410 g/mol. The van der Waals surface area contributed by atoms with Crippen molar-refractivity contribution in [2.24, 2.45) is 0 Å². The molecule has 2 aromatic rings. The van der Waals surface area contributed by atoms with Gasteiger partial charge in [-0.2, -0.15) is 0 Å². The normalized spacial score (nSPS) is 15.5. The summed E-state index contributed by atoms with van der Waals surface area (Å²) >= 11 is 9.30. The number of nitro groups is 1. The number of non-ortho nitro benzene ring substituents is 1. The number of rotatable bonds is 4. The van der Waals surface area contributed by atoms with E-state index in [2.05, 4.69) is 30.7 Å². The van der Waals surface area contributed by atoms with Gasteiger partial charge < -0.3 is 4.90 Å². The Balaban J connectivity index is 1.60. The summed E-state index contributed by atoms with van der Waals surface area (Å²) in [4.78, 5) is 19.4. The van der Waals surface area contributed by atoms with Gasteiger partial charge in [-0.15, -0.1) is 0 Å². The van der Waals surface area contributed by atoms with E-state index in [9.17, 15) is 10.1 Å². The molecule has 0 radical (unpaired) electrons. The molecule has 0 amide bonds. The molecule has 0 unspecified atom stereocenters. The minimum absolute atomic E-state index is 0.0954. The molecule has 1 fully saturated rings. The molecular weight excluding hydrogens is 396 g/mol. The van der Waals surface area contributed by atoms with Crippen LogP contribution < -0.4 is 4.90 Å². The Bertz CT molecular complexity index is 733. The summed E-state index contributed by atoms with van der Waals surface area (Å²) in [7, 11) is 0. The van der Waals surface area contributed by atoms with Crippen molar-refractivity contribution in [2.45, 2.75) is 6.54 Å². The van der Waals surface area contributed by atoms with Gasteiger partial charge in [0.1, 0.15) is 0 Å². The van der Waals surface area contributed by atoms with E-state index in [1.54, 1.807) is 24.4 Å². The fourth-order valence-electron chi connectivity index (χ4n) is 2.74. The highest BCUT2D eigenvalue weighted by Gasteiger charge is 2.20. The van der Waals surface area contributed by atoms with Gasteiger partial charge >= 0.3 is 0 Å². The number of anilines is 1. The van der Waals surface area contributed by atoms with E-state index in [1.807, 2.05) is 12.1 Å². The summed E-state index contributed by atoms with van der Waals surface area (Å²) in [5, 5.41) is 11.5. The van der Waals surface area contributed by atoms with Crippen molar-refractivity contribution in [1.82, 2.24) is 9.88 Å². The number of piperazine rings is 1. The Morgan fingerprint density at radius 1 is 1.21 bits per heavy atom. The zero-order chi connectivity index (χ0) is 17.1. The number of hydrogen-bond donors (Lipinski definition) is 0. The first-order chi connectivity index (χ1) is 11.5. The maximum atomic E-state index is 10.8. The molecule has 0 N–H and O–H groups in total. The van der Waals surface area contributed by atoms with E-state index >= 15 is 0 Å². The van der Waals surface area contributed by atoms with Gasteiger partial charge in [0, 0.05) is 55.5 Å². The maximum absolute atomic E-state index is 10.8. The van der Waals surface area contributed by atoms with Crippen molar-refractivity contribution in [3.05, 3.63) is 61.8 Å². The first-order valence-electron chi connectivity index (χ1n) is 7.54. The minimum Gasteiger partial charge on any atom is -0.368 e. The van der Waals surface area contributed by atoms with Crippen LogP contribution in [0.3, 0.4) is 0 Å². The summed E-state index contributed by atoms with van der Waals surface area (Å²) in [6.45, 7) is 4.35. The zero-order valence-corrected chi connectivity index (χ0v) is 15.2. The number of benzene rings is 1. The molecule has 0 bridgehead atoms. The maximum Gasteiger partial charge on any atom is 0.270 e. The Morgan fingerprint density at radius 2 is 1.96 bits per heavy atom. The Morgan fingerprint density at radius 3 is 2.54 bits per heavy atom. The van der Waals surface area contributed by atoms with Crippen molar-refractivity contribution in [3.8, 4) is 0 Å². The highest BCUT2D eigenvalue weighted by atomic mass is 79.9. The van der Waals surface area contributed by atoms with Gasteiger partial charge in [-0.1, -0.05) is 11.6 Å².